The molecule has 0 spiro atoms. The number of hydrogen-bond donors (Lipinski definition) is 1. The Balaban J connectivity index is 1.60. The number of halogens is 1. The average Bonchev–Trinajstić information content (AvgIpc) is 3.13. The largest absolute Gasteiger partial charge is 0.486 e. The maximum Gasteiger partial charge on any atom is 0.234 e. The Bertz CT molecular complexity index is 1070. The van der Waals surface area contributed by atoms with Gasteiger partial charge in [-0.1, -0.05) is 55.4 Å². The molecule has 2 aromatic carbocycles. The molecule has 0 saturated carbocycles. The van der Waals surface area contributed by atoms with E-state index in [0.717, 1.165) is 51.6 Å². The summed E-state index contributed by atoms with van der Waals surface area (Å²) in [5, 5.41) is 12.9. The number of aryl methyl sites for hydroxylation is 4. The summed E-state index contributed by atoms with van der Waals surface area (Å²) in [6, 6.07) is 9.97. The van der Waals surface area contributed by atoms with E-state index in [1.54, 1.807) is 0 Å². The first kappa shape index (κ1) is 24.1. The highest BCUT2D eigenvalue weighted by Crippen LogP contribution is 2.27. The van der Waals surface area contributed by atoms with Crippen molar-refractivity contribution >= 4 is 35.0 Å². The Labute approximate surface area is 198 Å². The zero-order chi connectivity index (χ0) is 23.3. The van der Waals surface area contributed by atoms with Crippen LogP contribution in [-0.4, -0.2) is 26.4 Å². The van der Waals surface area contributed by atoms with E-state index in [9.17, 15) is 4.79 Å². The molecule has 32 heavy (non-hydrogen) atoms. The minimum Gasteiger partial charge on any atom is -0.486 e. The average molecular weight is 473 g/mol. The molecule has 8 heteroatoms. The van der Waals surface area contributed by atoms with E-state index in [1.165, 1.54) is 11.8 Å². The minimum atomic E-state index is -0.0569. The summed E-state index contributed by atoms with van der Waals surface area (Å²) >= 11 is 7.58. The van der Waals surface area contributed by atoms with Gasteiger partial charge in [0.15, 0.2) is 11.0 Å². The van der Waals surface area contributed by atoms with Crippen LogP contribution in [-0.2, 0) is 31.3 Å². The van der Waals surface area contributed by atoms with Gasteiger partial charge in [0.05, 0.1) is 5.75 Å². The van der Waals surface area contributed by atoms with E-state index >= 15 is 0 Å². The number of para-hydroxylation sites is 1. The van der Waals surface area contributed by atoms with E-state index in [-0.39, 0.29) is 18.3 Å². The van der Waals surface area contributed by atoms with Crippen LogP contribution in [0, 0.1) is 13.8 Å². The third-order valence-electron chi connectivity index (χ3n) is 5.30. The van der Waals surface area contributed by atoms with Crippen LogP contribution >= 0.6 is 23.4 Å². The second-order valence-electron chi connectivity index (χ2n) is 7.61. The number of carbonyl (C=O) groups is 1. The van der Waals surface area contributed by atoms with Crippen molar-refractivity contribution in [2.24, 2.45) is 7.05 Å². The SMILES string of the molecule is CCc1cccc(CC)c1NC(=O)CSc1nnc(COc2cc(C)c(Cl)c(C)c2)n1C. The summed E-state index contributed by atoms with van der Waals surface area (Å²) in [5.41, 5.74) is 5.17. The molecule has 0 aliphatic heterocycles. The number of nitrogens with zero attached hydrogens (tertiary/aromatic N) is 3. The van der Waals surface area contributed by atoms with Crippen molar-refractivity contribution in [3.8, 4) is 5.75 Å². The predicted molar refractivity (Wildman–Crippen MR) is 131 cm³/mol. The molecule has 0 radical (unpaired) electrons. The number of thioether (sulfide) groups is 1. The fourth-order valence-electron chi connectivity index (χ4n) is 3.44. The van der Waals surface area contributed by atoms with Crippen LogP contribution in [0.4, 0.5) is 5.69 Å². The number of nitrogens with one attached hydrogen (secondary N) is 1. The lowest BCUT2D eigenvalue weighted by atomic mass is 10.0. The van der Waals surface area contributed by atoms with Crippen molar-refractivity contribution in [1.82, 2.24) is 14.8 Å². The van der Waals surface area contributed by atoms with E-state index in [4.69, 9.17) is 16.3 Å². The molecule has 0 aliphatic carbocycles. The van der Waals surface area contributed by atoms with Crippen LogP contribution in [0.15, 0.2) is 35.5 Å². The molecule has 6 nitrogen and oxygen atoms in total. The van der Waals surface area contributed by atoms with Gasteiger partial charge in [0, 0.05) is 17.8 Å². The first-order valence-corrected chi connectivity index (χ1v) is 12.0. The van der Waals surface area contributed by atoms with E-state index in [2.05, 4.69) is 41.5 Å². The van der Waals surface area contributed by atoms with Gasteiger partial charge in [-0.3, -0.25) is 4.79 Å². The molecule has 1 aromatic heterocycles. The number of hydrogen-bond acceptors (Lipinski definition) is 5. The Morgan fingerprint density at radius 2 is 1.75 bits per heavy atom. The molecule has 0 fully saturated rings. The number of aromatic nitrogens is 3. The minimum absolute atomic E-state index is 0.0569. The fraction of sp³-hybridized carbons (Fsp3) is 0.375. The van der Waals surface area contributed by atoms with Gasteiger partial charge in [0.1, 0.15) is 12.4 Å². The van der Waals surface area contributed by atoms with Gasteiger partial charge in [-0.05, 0) is 61.1 Å². The maximum absolute atomic E-state index is 12.6. The van der Waals surface area contributed by atoms with Crippen molar-refractivity contribution in [2.75, 3.05) is 11.1 Å². The van der Waals surface area contributed by atoms with Crippen LogP contribution in [0.2, 0.25) is 5.02 Å². The van der Waals surface area contributed by atoms with Gasteiger partial charge in [-0.15, -0.1) is 10.2 Å². The Morgan fingerprint density at radius 1 is 1.12 bits per heavy atom. The number of rotatable bonds is 9. The lowest BCUT2D eigenvalue weighted by Gasteiger charge is -2.14. The molecule has 170 valence electrons. The smallest absolute Gasteiger partial charge is 0.234 e. The molecular weight excluding hydrogens is 444 g/mol. The van der Waals surface area contributed by atoms with Gasteiger partial charge in [0.25, 0.3) is 0 Å². The third-order valence-corrected chi connectivity index (χ3v) is 6.92. The van der Waals surface area contributed by atoms with Crippen molar-refractivity contribution in [1.29, 1.82) is 0 Å². The molecule has 3 rings (SSSR count). The summed E-state index contributed by atoms with van der Waals surface area (Å²) in [7, 11) is 1.87. The number of benzene rings is 2. The van der Waals surface area contributed by atoms with Crippen LogP contribution < -0.4 is 10.1 Å². The molecule has 0 atom stereocenters. The number of amides is 1. The zero-order valence-electron chi connectivity index (χ0n) is 19.2. The van der Waals surface area contributed by atoms with Crippen molar-refractivity contribution in [3.63, 3.8) is 0 Å². The van der Waals surface area contributed by atoms with Gasteiger partial charge in [-0.25, -0.2) is 0 Å². The first-order valence-electron chi connectivity index (χ1n) is 10.6. The van der Waals surface area contributed by atoms with Crippen LogP contribution in [0.3, 0.4) is 0 Å². The predicted octanol–water partition coefficient (Wildman–Crippen LogP) is 5.52. The molecule has 3 aromatic rings. The van der Waals surface area contributed by atoms with Crippen molar-refractivity contribution in [2.45, 2.75) is 52.3 Å². The van der Waals surface area contributed by atoms with Crippen LogP contribution in [0.5, 0.6) is 5.75 Å². The lowest BCUT2D eigenvalue weighted by molar-refractivity contribution is -0.113. The molecule has 1 amide bonds. The number of anilines is 1. The van der Waals surface area contributed by atoms with E-state index in [0.29, 0.717) is 11.0 Å². The van der Waals surface area contributed by atoms with Gasteiger partial charge in [0.2, 0.25) is 5.91 Å². The summed E-state index contributed by atoms with van der Waals surface area (Å²) in [6.45, 7) is 8.36. The van der Waals surface area contributed by atoms with E-state index < -0.39 is 0 Å². The third kappa shape index (κ3) is 5.64. The molecular formula is C24H29ClN4O2S. The summed E-state index contributed by atoms with van der Waals surface area (Å²) in [4.78, 5) is 12.6. The quantitative estimate of drug-likeness (QED) is 0.415. The second kappa shape index (κ2) is 10.9. The molecule has 0 bridgehead atoms. The van der Waals surface area contributed by atoms with Crippen molar-refractivity contribution < 1.29 is 9.53 Å². The number of carbonyl (C=O) groups excluding carboxylic acids is 1. The van der Waals surface area contributed by atoms with Crippen LogP contribution in [0.1, 0.15) is 41.9 Å². The maximum atomic E-state index is 12.6. The molecule has 0 unspecified atom stereocenters. The molecule has 0 aliphatic rings. The van der Waals surface area contributed by atoms with Gasteiger partial charge >= 0.3 is 0 Å². The standard InChI is InChI=1S/C24H29ClN4O2S/c1-6-17-9-8-10-18(7-2)23(17)26-21(30)14-32-24-28-27-20(29(24)5)13-31-19-11-15(3)22(25)16(4)12-19/h8-12H,6-7,13-14H2,1-5H3,(H,26,30). The fourth-order valence-corrected chi connectivity index (χ4v) is 4.28. The Kier molecular flexibility index (Phi) is 8.21. The lowest BCUT2D eigenvalue weighted by Crippen LogP contribution is -2.17. The summed E-state index contributed by atoms with van der Waals surface area (Å²) in [6.07, 6.45) is 1.74. The van der Waals surface area contributed by atoms with Crippen molar-refractivity contribution in [3.05, 3.63) is 63.4 Å². The first-order chi connectivity index (χ1) is 15.3. The normalized spacial score (nSPS) is 10.9. The Morgan fingerprint density at radius 3 is 2.34 bits per heavy atom. The molecule has 1 N–H and O–H groups in total. The number of ether oxygens (including phenoxy) is 1. The topological polar surface area (TPSA) is 69.0 Å². The molecule has 1 heterocycles. The van der Waals surface area contributed by atoms with Crippen LogP contribution in [0.25, 0.3) is 0 Å². The summed E-state index contributed by atoms with van der Waals surface area (Å²) in [5.74, 6) is 1.62. The zero-order valence-corrected chi connectivity index (χ0v) is 20.7. The Hall–Kier alpha value is -2.51. The highest BCUT2D eigenvalue weighted by Gasteiger charge is 2.14. The second-order valence-corrected chi connectivity index (χ2v) is 8.93. The highest BCUT2D eigenvalue weighted by atomic mass is 35.5. The van der Waals surface area contributed by atoms with Gasteiger partial charge in [-0.2, -0.15) is 0 Å². The highest BCUT2D eigenvalue weighted by molar-refractivity contribution is 7.99. The van der Waals surface area contributed by atoms with Gasteiger partial charge < -0.3 is 14.6 Å². The van der Waals surface area contributed by atoms with E-state index in [1.807, 2.05) is 43.7 Å². The molecule has 0 saturated heterocycles. The summed E-state index contributed by atoms with van der Waals surface area (Å²) < 4.78 is 7.74. The monoisotopic (exact) mass is 472 g/mol.